The highest BCUT2D eigenvalue weighted by Gasteiger charge is 2.29. The predicted octanol–water partition coefficient (Wildman–Crippen LogP) is 6.06. The van der Waals surface area contributed by atoms with Crippen LogP contribution in [0.25, 0.3) is 0 Å². The number of anilines is 1. The minimum Gasteiger partial charge on any atom is -0.497 e. The van der Waals surface area contributed by atoms with Gasteiger partial charge in [0.05, 0.1) is 13.2 Å². The van der Waals surface area contributed by atoms with Crippen LogP contribution in [0.4, 0.5) is 5.82 Å². The first kappa shape index (κ1) is 22.2. The molecule has 1 aromatic heterocycles. The molecule has 34 heavy (non-hydrogen) atoms. The zero-order valence-electron chi connectivity index (χ0n) is 19.0. The Hall–Kier alpha value is -3.57. The molecule has 0 bridgehead atoms. The van der Waals surface area contributed by atoms with E-state index in [1.54, 1.807) is 13.3 Å². The van der Waals surface area contributed by atoms with Crippen LogP contribution in [-0.2, 0) is 19.4 Å². The Labute approximate surface area is 205 Å². The smallest absolute Gasteiger partial charge is 0.224 e. The van der Waals surface area contributed by atoms with Crippen molar-refractivity contribution in [1.29, 1.82) is 0 Å². The Morgan fingerprint density at radius 3 is 2.50 bits per heavy atom. The van der Waals surface area contributed by atoms with Gasteiger partial charge in [-0.05, 0) is 77.0 Å². The fourth-order valence-corrected chi connectivity index (χ4v) is 4.62. The van der Waals surface area contributed by atoms with Crippen LogP contribution in [0, 0.1) is 0 Å². The summed E-state index contributed by atoms with van der Waals surface area (Å²) in [7, 11) is 1.71. The molecule has 0 saturated carbocycles. The van der Waals surface area contributed by atoms with E-state index in [4.69, 9.17) is 21.1 Å². The van der Waals surface area contributed by atoms with Crippen molar-refractivity contribution in [3.8, 4) is 11.5 Å². The topological polar surface area (TPSA) is 47.5 Å². The summed E-state index contributed by atoms with van der Waals surface area (Å²) in [5.74, 6) is 2.59. The van der Waals surface area contributed by atoms with Gasteiger partial charge >= 0.3 is 0 Å². The van der Waals surface area contributed by atoms with Crippen LogP contribution in [0.1, 0.15) is 28.3 Å². The fourth-order valence-electron chi connectivity index (χ4n) is 4.48. The van der Waals surface area contributed by atoms with E-state index in [9.17, 15) is 0 Å². The van der Waals surface area contributed by atoms with Crippen molar-refractivity contribution in [2.75, 3.05) is 18.6 Å². The van der Waals surface area contributed by atoms with Crippen molar-refractivity contribution in [2.45, 2.75) is 25.5 Å². The van der Waals surface area contributed by atoms with Gasteiger partial charge in [0.25, 0.3) is 0 Å². The average Bonchev–Trinajstić information content (AvgIpc) is 2.88. The maximum atomic E-state index is 6.12. The molecule has 0 spiro atoms. The van der Waals surface area contributed by atoms with Crippen LogP contribution in [0.2, 0.25) is 5.28 Å². The summed E-state index contributed by atoms with van der Waals surface area (Å²) in [5, 5.41) is 0.261. The third kappa shape index (κ3) is 5.00. The summed E-state index contributed by atoms with van der Waals surface area (Å²) in [6, 6.07) is 27.0. The van der Waals surface area contributed by atoms with Crippen LogP contribution in [0.3, 0.4) is 0 Å². The number of methoxy groups -OCH3 is 1. The lowest BCUT2D eigenvalue weighted by Gasteiger charge is -2.38. The number of hydrogen-bond acceptors (Lipinski definition) is 5. The molecule has 0 fully saturated rings. The minimum atomic E-state index is 0.122. The van der Waals surface area contributed by atoms with E-state index < -0.39 is 0 Å². The molecule has 0 saturated heterocycles. The van der Waals surface area contributed by atoms with Gasteiger partial charge < -0.3 is 14.4 Å². The minimum absolute atomic E-state index is 0.122. The molecule has 5 nitrogen and oxygen atoms in total. The molecule has 5 rings (SSSR count). The SMILES string of the molecule is COc1ccc2c(c1)CCN(c1ccnc(Cl)n1)C2Cc1ccc(OCc2ccccc2)cc1. The van der Waals surface area contributed by atoms with Gasteiger partial charge in [0.2, 0.25) is 5.28 Å². The molecule has 1 aliphatic rings. The van der Waals surface area contributed by atoms with Crippen molar-refractivity contribution in [3.05, 3.63) is 113 Å². The number of aromatic nitrogens is 2. The average molecular weight is 472 g/mol. The first-order valence-electron chi connectivity index (χ1n) is 11.4. The Morgan fingerprint density at radius 2 is 1.74 bits per heavy atom. The summed E-state index contributed by atoms with van der Waals surface area (Å²) >= 11 is 6.12. The molecule has 0 amide bonds. The number of nitrogens with zero attached hydrogens (tertiary/aromatic N) is 3. The molecular weight excluding hydrogens is 446 g/mol. The molecule has 0 aliphatic carbocycles. The van der Waals surface area contributed by atoms with E-state index in [0.29, 0.717) is 6.61 Å². The summed E-state index contributed by atoms with van der Waals surface area (Å²) in [4.78, 5) is 10.9. The summed E-state index contributed by atoms with van der Waals surface area (Å²) in [6.45, 7) is 1.40. The molecule has 4 aromatic rings. The zero-order valence-corrected chi connectivity index (χ0v) is 19.8. The Morgan fingerprint density at radius 1 is 0.941 bits per heavy atom. The molecule has 172 valence electrons. The van der Waals surface area contributed by atoms with Gasteiger partial charge in [-0.15, -0.1) is 0 Å². The van der Waals surface area contributed by atoms with Gasteiger partial charge in [-0.1, -0.05) is 48.5 Å². The molecule has 3 aromatic carbocycles. The monoisotopic (exact) mass is 471 g/mol. The first-order valence-corrected chi connectivity index (χ1v) is 11.7. The molecule has 2 heterocycles. The van der Waals surface area contributed by atoms with Crippen molar-refractivity contribution in [2.24, 2.45) is 0 Å². The van der Waals surface area contributed by atoms with E-state index in [-0.39, 0.29) is 11.3 Å². The summed E-state index contributed by atoms with van der Waals surface area (Å²) in [6.07, 6.45) is 3.46. The van der Waals surface area contributed by atoms with Gasteiger partial charge in [0.15, 0.2) is 0 Å². The first-order chi connectivity index (χ1) is 16.7. The Kier molecular flexibility index (Phi) is 6.63. The molecule has 0 N–H and O–H groups in total. The Balaban J connectivity index is 1.38. The lowest BCUT2D eigenvalue weighted by molar-refractivity contribution is 0.306. The van der Waals surface area contributed by atoms with Crippen LogP contribution in [-0.4, -0.2) is 23.6 Å². The molecular formula is C28H26ClN3O2. The van der Waals surface area contributed by atoms with Gasteiger partial charge in [-0.3, -0.25) is 0 Å². The van der Waals surface area contributed by atoms with Crippen LogP contribution >= 0.6 is 11.6 Å². The second-order valence-corrected chi connectivity index (χ2v) is 8.67. The number of benzene rings is 3. The quantitative estimate of drug-likeness (QED) is 0.306. The molecule has 1 atom stereocenters. The van der Waals surface area contributed by atoms with Crippen molar-refractivity contribution in [3.63, 3.8) is 0 Å². The van der Waals surface area contributed by atoms with Crippen LogP contribution < -0.4 is 14.4 Å². The van der Waals surface area contributed by atoms with E-state index in [1.165, 1.54) is 16.7 Å². The number of fused-ring (bicyclic) bond motifs is 1. The van der Waals surface area contributed by atoms with Crippen LogP contribution in [0.5, 0.6) is 11.5 Å². The van der Waals surface area contributed by atoms with E-state index in [0.717, 1.165) is 42.3 Å². The molecule has 1 unspecified atom stereocenters. The van der Waals surface area contributed by atoms with Gasteiger partial charge in [-0.2, -0.15) is 0 Å². The van der Waals surface area contributed by atoms with Crippen molar-refractivity contribution in [1.82, 2.24) is 9.97 Å². The van der Waals surface area contributed by atoms with Crippen molar-refractivity contribution >= 4 is 17.4 Å². The summed E-state index contributed by atoms with van der Waals surface area (Å²) in [5.41, 5.74) is 4.97. The number of ether oxygens (including phenoxy) is 2. The van der Waals surface area contributed by atoms with Gasteiger partial charge in [0, 0.05) is 12.7 Å². The lowest BCUT2D eigenvalue weighted by atomic mass is 9.88. The van der Waals surface area contributed by atoms with E-state index in [1.807, 2.05) is 42.5 Å². The third-order valence-corrected chi connectivity index (χ3v) is 6.40. The molecule has 6 heteroatoms. The molecule has 0 radical (unpaired) electrons. The van der Waals surface area contributed by atoms with Gasteiger partial charge in [-0.25, -0.2) is 9.97 Å². The third-order valence-electron chi connectivity index (χ3n) is 6.21. The second kappa shape index (κ2) is 10.1. The highest BCUT2D eigenvalue weighted by Crippen LogP contribution is 2.37. The second-order valence-electron chi connectivity index (χ2n) is 8.33. The number of hydrogen-bond donors (Lipinski definition) is 0. The lowest BCUT2D eigenvalue weighted by Crippen LogP contribution is -2.37. The van der Waals surface area contributed by atoms with E-state index in [2.05, 4.69) is 51.3 Å². The van der Waals surface area contributed by atoms with Crippen molar-refractivity contribution < 1.29 is 9.47 Å². The highest BCUT2D eigenvalue weighted by atomic mass is 35.5. The van der Waals surface area contributed by atoms with E-state index >= 15 is 0 Å². The largest absolute Gasteiger partial charge is 0.497 e. The summed E-state index contributed by atoms with van der Waals surface area (Å²) < 4.78 is 11.4. The maximum Gasteiger partial charge on any atom is 0.224 e. The molecule has 1 aliphatic heterocycles. The van der Waals surface area contributed by atoms with Gasteiger partial charge in [0.1, 0.15) is 23.9 Å². The highest BCUT2D eigenvalue weighted by molar-refractivity contribution is 6.28. The zero-order chi connectivity index (χ0) is 23.3. The fraction of sp³-hybridized carbons (Fsp3) is 0.214. The van der Waals surface area contributed by atoms with Crippen LogP contribution in [0.15, 0.2) is 85.1 Å². The predicted molar refractivity (Wildman–Crippen MR) is 135 cm³/mol. The Bertz CT molecular complexity index is 1250. The number of rotatable bonds is 7. The standard InChI is InChI=1S/C28H26ClN3O2/c1-33-24-11-12-25-22(18-24)14-16-32(27-13-15-30-28(29)31-27)26(25)17-20-7-9-23(10-8-20)34-19-21-5-3-2-4-6-21/h2-13,15,18,26H,14,16-17,19H2,1H3. The number of halogens is 1. The maximum absolute atomic E-state index is 6.12. The normalized spacial score (nSPS) is 15.0.